The van der Waals surface area contributed by atoms with Gasteiger partial charge < -0.3 is 5.32 Å². The summed E-state index contributed by atoms with van der Waals surface area (Å²) in [4.78, 5) is 3.88. The van der Waals surface area contributed by atoms with Crippen LogP contribution in [0.2, 0.25) is 0 Å². The molecule has 0 saturated heterocycles. The lowest BCUT2D eigenvalue weighted by molar-refractivity contribution is 0.696. The first kappa shape index (κ1) is 7.55. The van der Waals surface area contributed by atoms with Gasteiger partial charge in [0, 0.05) is 12.4 Å². The van der Waals surface area contributed by atoms with Gasteiger partial charge in [-0.1, -0.05) is 0 Å². The number of nitrogens with one attached hydrogen (secondary N) is 1. The summed E-state index contributed by atoms with van der Waals surface area (Å²) in [6, 6.07) is 3.84. The van der Waals surface area contributed by atoms with Crippen LogP contribution in [-0.2, 0) is 0 Å². The summed E-state index contributed by atoms with van der Waals surface area (Å²) in [5.74, 6) is 0. The Bertz CT molecular complexity index is 250. The van der Waals surface area contributed by atoms with Gasteiger partial charge in [-0.15, -0.1) is 0 Å². The first-order chi connectivity index (χ1) is 5.34. The molecule has 1 aromatic heterocycles. The summed E-state index contributed by atoms with van der Waals surface area (Å²) in [7, 11) is 0. The smallest absolute Gasteiger partial charge is 0.177 e. The van der Waals surface area contributed by atoms with Crippen molar-refractivity contribution in [1.29, 1.82) is 5.26 Å². The third-order valence-electron chi connectivity index (χ3n) is 1.49. The summed E-state index contributed by atoms with van der Waals surface area (Å²) in [5.41, 5.74) is 1.07. The molecule has 3 heteroatoms. The second-order valence-electron chi connectivity index (χ2n) is 2.26. The fourth-order valence-corrected chi connectivity index (χ4v) is 0.832. The number of rotatable bonds is 2. The Labute approximate surface area is 65.7 Å². The Balaban J connectivity index is 2.70. The van der Waals surface area contributed by atoms with E-state index in [1.807, 2.05) is 25.2 Å². The van der Waals surface area contributed by atoms with Gasteiger partial charge in [0.1, 0.15) is 0 Å². The van der Waals surface area contributed by atoms with E-state index in [-0.39, 0.29) is 6.04 Å². The predicted molar refractivity (Wildman–Crippen MR) is 41.4 cm³/mol. The van der Waals surface area contributed by atoms with Crippen molar-refractivity contribution in [3.8, 4) is 6.19 Å². The van der Waals surface area contributed by atoms with Gasteiger partial charge in [0.15, 0.2) is 6.19 Å². The van der Waals surface area contributed by atoms with Crippen LogP contribution in [-0.4, -0.2) is 4.98 Å². The highest BCUT2D eigenvalue weighted by atomic mass is 14.9. The quantitative estimate of drug-likeness (QED) is 0.505. The van der Waals surface area contributed by atoms with Crippen LogP contribution in [0.5, 0.6) is 0 Å². The molecule has 0 radical (unpaired) electrons. The van der Waals surface area contributed by atoms with Gasteiger partial charge in [0.25, 0.3) is 0 Å². The maximum Gasteiger partial charge on any atom is 0.177 e. The van der Waals surface area contributed by atoms with Crippen molar-refractivity contribution >= 4 is 0 Å². The second kappa shape index (κ2) is 3.57. The minimum atomic E-state index is 0.0722. The van der Waals surface area contributed by atoms with Gasteiger partial charge in [-0.2, -0.15) is 5.26 Å². The predicted octanol–water partition coefficient (Wildman–Crippen LogP) is 1.21. The average molecular weight is 147 g/mol. The van der Waals surface area contributed by atoms with Crippen molar-refractivity contribution in [1.82, 2.24) is 10.3 Å². The molecular weight excluding hydrogens is 138 g/mol. The lowest BCUT2D eigenvalue weighted by Gasteiger charge is -2.07. The first-order valence-corrected chi connectivity index (χ1v) is 3.39. The molecule has 0 spiro atoms. The Morgan fingerprint density at radius 2 is 2.18 bits per heavy atom. The summed E-state index contributed by atoms with van der Waals surface area (Å²) < 4.78 is 0. The lowest BCUT2D eigenvalue weighted by atomic mass is 10.1. The molecule has 1 atom stereocenters. The van der Waals surface area contributed by atoms with Crippen molar-refractivity contribution in [3.05, 3.63) is 30.1 Å². The fraction of sp³-hybridized carbons (Fsp3) is 0.250. The minimum Gasteiger partial charge on any atom is -0.317 e. The molecule has 0 aliphatic heterocycles. The molecule has 1 heterocycles. The molecule has 3 nitrogen and oxygen atoms in total. The molecule has 0 fully saturated rings. The molecule has 1 rings (SSSR count). The average Bonchev–Trinajstić information content (AvgIpc) is 2.07. The van der Waals surface area contributed by atoms with E-state index in [2.05, 4.69) is 10.3 Å². The summed E-state index contributed by atoms with van der Waals surface area (Å²) in [6.07, 6.45) is 5.32. The van der Waals surface area contributed by atoms with Gasteiger partial charge >= 0.3 is 0 Å². The standard InChI is InChI=1S/C8H9N3/c1-7(11-6-9)8-2-4-10-5-3-8/h2-5,7,11H,1H3. The van der Waals surface area contributed by atoms with Crippen LogP contribution in [0.1, 0.15) is 18.5 Å². The van der Waals surface area contributed by atoms with Crippen LogP contribution < -0.4 is 5.32 Å². The third kappa shape index (κ3) is 1.94. The number of nitrogens with zero attached hydrogens (tertiary/aromatic N) is 2. The Morgan fingerprint density at radius 1 is 1.55 bits per heavy atom. The van der Waals surface area contributed by atoms with Gasteiger partial charge in [0.05, 0.1) is 6.04 Å². The van der Waals surface area contributed by atoms with Gasteiger partial charge in [-0.3, -0.25) is 4.98 Å². The second-order valence-corrected chi connectivity index (χ2v) is 2.26. The molecule has 1 unspecified atom stereocenters. The van der Waals surface area contributed by atoms with E-state index in [0.29, 0.717) is 0 Å². The zero-order valence-corrected chi connectivity index (χ0v) is 6.28. The molecule has 1 aromatic rings. The van der Waals surface area contributed by atoms with Gasteiger partial charge in [-0.25, -0.2) is 0 Å². The van der Waals surface area contributed by atoms with E-state index < -0.39 is 0 Å². The van der Waals surface area contributed by atoms with E-state index >= 15 is 0 Å². The molecule has 1 N–H and O–H groups in total. The molecule has 0 aromatic carbocycles. The zero-order chi connectivity index (χ0) is 8.10. The van der Waals surface area contributed by atoms with Crippen molar-refractivity contribution in [2.75, 3.05) is 0 Å². The van der Waals surface area contributed by atoms with Crippen LogP contribution >= 0.6 is 0 Å². The SMILES string of the molecule is CC(NC#N)c1ccncc1. The van der Waals surface area contributed by atoms with Crippen LogP contribution in [0.25, 0.3) is 0 Å². The highest BCUT2D eigenvalue weighted by Gasteiger charge is 2.00. The Kier molecular flexibility index (Phi) is 2.45. The van der Waals surface area contributed by atoms with E-state index in [0.717, 1.165) is 5.56 Å². The van der Waals surface area contributed by atoms with Crippen LogP contribution in [0, 0.1) is 11.5 Å². The van der Waals surface area contributed by atoms with Crippen LogP contribution in [0.15, 0.2) is 24.5 Å². The molecule has 0 saturated carbocycles. The lowest BCUT2D eigenvalue weighted by Crippen LogP contribution is -2.11. The monoisotopic (exact) mass is 147 g/mol. The number of pyridine rings is 1. The normalized spacial score (nSPS) is 11.6. The number of hydrogen-bond donors (Lipinski definition) is 1. The van der Waals surface area contributed by atoms with Crippen molar-refractivity contribution in [2.45, 2.75) is 13.0 Å². The maximum atomic E-state index is 8.32. The maximum absolute atomic E-state index is 8.32. The van der Waals surface area contributed by atoms with E-state index in [1.165, 1.54) is 0 Å². The van der Waals surface area contributed by atoms with Crippen molar-refractivity contribution in [3.63, 3.8) is 0 Å². The zero-order valence-electron chi connectivity index (χ0n) is 6.28. The van der Waals surface area contributed by atoms with Crippen molar-refractivity contribution < 1.29 is 0 Å². The van der Waals surface area contributed by atoms with Crippen molar-refractivity contribution in [2.24, 2.45) is 0 Å². The summed E-state index contributed by atoms with van der Waals surface area (Å²) in [5, 5.41) is 11.0. The molecule has 11 heavy (non-hydrogen) atoms. The summed E-state index contributed by atoms with van der Waals surface area (Å²) in [6.45, 7) is 1.93. The number of hydrogen-bond acceptors (Lipinski definition) is 3. The van der Waals surface area contributed by atoms with Crippen LogP contribution in [0.4, 0.5) is 0 Å². The van der Waals surface area contributed by atoms with Gasteiger partial charge in [0.2, 0.25) is 0 Å². The molecule has 0 bridgehead atoms. The minimum absolute atomic E-state index is 0.0722. The fourth-order valence-electron chi connectivity index (χ4n) is 0.832. The first-order valence-electron chi connectivity index (χ1n) is 3.39. The Hall–Kier alpha value is -1.56. The molecule has 0 aliphatic carbocycles. The molecule has 0 aliphatic rings. The highest BCUT2D eigenvalue weighted by molar-refractivity contribution is 5.14. The van der Waals surface area contributed by atoms with E-state index in [1.54, 1.807) is 12.4 Å². The molecular formula is C8H9N3. The number of aromatic nitrogens is 1. The Morgan fingerprint density at radius 3 is 2.73 bits per heavy atom. The highest BCUT2D eigenvalue weighted by Crippen LogP contribution is 2.08. The topological polar surface area (TPSA) is 48.7 Å². The van der Waals surface area contributed by atoms with E-state index in [4.69, 9.17) is 5.26 Å². The largest absolute Gasteiger partial charge is 0.317 e. The molecule has 56 valence electrons. The third-order valence-corrected chi connectivity index (χ3v) is 1.49. The molecule has 0 amide bonds. The van der Waals surface area contributed by atoms with Gasteiger partial charge in [-0.05, 0) is 24.6 Å². The van der Waals surface area contributed by atoms with Crippen LogP contribution in [0.3, 0.4) is 0 Å². The van der Waals surface area contributed by atoms with E-state index in [9.17, 15) is 0 Å². The summed E-state index contributed by atoms with van der Waals surface area (Å²) >= 11 is 0. The number of nitriles is 1.